The second-order valence-electron chi connectivity index (χ2n) is 16.2. The molecule has 0 radical (unpaired) electrons. The molecule has 0 unspecified atom stereocenters. The Hall–Kier alpha value is -8.74. The van der Waals surface area contributed by atoms with Gasteiger partial charge >= 0.3 is 0 Å². The van der Waals surface area contributed by atoms with Crippen LogP contribution in [0.1, 0.15) is 0 Å². The molecular weight excluding hydrogens is 783 g/mol. The Morgan fingerprint density at radius 2 is 1.00 bits per heavy atom. The van der Waals surface area contributed by atoms with Crippen molar-refractivity contribution in [2.45, 2.75) is 0 Å². The topological polar surface area (TPSA) is 69.6 Å². The maximum Gasteiger partial charge on any atom is 0.164 e. The number of benzene rings is 9. The highest BCUT2D eigenvalue weighted by atomic mass is 16.3. The molecule has 0 saturated carbocycles. The molecule has 0 bridgehead atoms. The lowest BCUT2D eigenvalue weighted by Crippen LogP contribution is -2.01. The van der Waals surface area contributed by atoms with E-state index in [0.29, 0.717) is 17.5 Å². The SMILES string of the molecule is c1ccc(-c2ccc(-c3nc(-c4cccc(-c5ccc(-n6c7ccccc7c7c8ccccc8ccc76)cc5)c4)nc(-c4ccc5c(c4)oc4cnccc45)n3)c3ccccc23)cc1. The molecule has 0 aliphatic rings. The van der Waals surface area contributed by atoms with E-state index in [9.17, 15) is 0 Å². The first-order valence-electron chi connectivity index (χ1n) is 21.4. The average molecular weight is 818 g/mol. The van der Waals surface area contributed by atoms with Crippen LogP contribution in [0.2, 0.25) is 0 Å². The second-order valence-corrected chi connectivity index (χ2v) is 16.2. The summed E-state index contributed by atoms with van der Waals surface area (Å²) in [6, 6.07) is 70.6. The molecule has 6 nitrogen and oxygen atoms in total. The highest BCUT2D eigenvalue weighted by Crippen LogP contribution is 2.39. The van der Waals surface area contributed by atoms with E-state index in [0.717, 1.165) is 77.3 Å². The maximum absolute atomic E-state index is 6.28. The molecule has 4 aromatic heterocycles. The third-order valence-electron chi connectivity index (χ3n) is 12.6. The van der Waals surface area contributed by atoms with Crippen LogP contribution in [0.3, 0.4) is 0 Å². The molecule has 9 aromatic carbocycles. The quantitative estimate of drug-likeness (QED) is 0.167. The van der Waals surface area contributed by atoms with Crippen LogP contribution in [0.4, 0.5) is 0 Å². The van der Waals surface area contributed by atoms with Gasteiger partial charge in [0.1, 0.15) is 5.58 Å². The van der Waals surface area contributed by atoms with E-state index in [1.807, 2.05) is 18.2 Å². The smallest absolute Gasteiger partial charge is 0.164 e. The molecular formula is C58H35N5O. The summed E-state index contributed by atoms with van der Waals surface area (Å²) in [4.78, 5) is 19.9. The Balaban J connectivity index is 0.939. The molecule has 13 aromatic rings. The fourth-order valence-electron chi connectivity index (χ4n) is 9.55. The Morgan fingerprint density at radius 1 is 0.359 bits per heavy atom. The first-order valence-corrected chi connectivity index (χ1v) is 21.4. The van der Waals surface area contributed by atoms with Gasteiger partial charge < -0.3 is 8.98 Å². The number of para-hydroxylation sites is 1. The van der Waals surface area contributed by atoms with Crippen molar-refractivity contribution >= 4 is 65.3 Å². The van der Waals surface area contributed by atoms with Crippen LogP contribution < -0.4 is 0 Å². The Kier molecular flexibility index (Phi) is 8.11. The molecule has 0 aliphatic carbocycles. The lowest BCUT2D eigenvalue weighted by Gasteiger charge is -2.13. The van der Waals surface area contributed by atoms with E-state index in [2.05, 4.69) is 192 Å². The minimum Gasteiger partial charge on any atom is -0.454 e. The lowest BCUT2D eigenvalue weighted by molar-refractivity contribution is 0.667. The Morgan fingerprint density at radius 3 is 1.84 bits per heavy atom. The van der Waals surface area contributed by atoms with Gasteiger partial charge in [-0.15, -0.1) is 0 Å². The first-order chi connectivity index (χ1) is 31.7. The van der Waals surface area contributed by atoms with Gasteiger partial charge in [0.25, 0.3) is 0 Å². The summed E-state index contributed by atoms with van der Waals surface area (Å²) in [7, 11) is 0. The zero-order valence-corrected chi connectivity index (χ0v) is 34.4. The minimum absolute atomic E-state index is 0.561. The molecule has 6 heteroatoms. The van der Waals surface area contributed by atoms with E-state index in [4.69, 9.17) is 19.4 Å². The third-order valence-corrected chi connectivity index (χ3v) is 12.6. The average Bonchev–Trinajstić information content (AvgIpc) is 3.92. The molecule has 298 valence electrons. The predicted molar refractivity (Wildman–Crippen MR) is 261 cm³/mol. The molecule has 64 heavy (non-hydrogen) atoms. The van der Waals surface area contributed by atoms with Crippen LogP contribution in [0.25, 0.3) is 127 Å². The lowest BCUT2D eigenvalue weighted by atomic mass is 9.94. The molecule has 0 saturated heterocycles. The van der Waals surface area contributed by atoms with Gasteiger partial charge in [-0.2, -0.15) is 0 Å². The molecule has 0 aliphatic heterocycles. The van der Waals surface area contributed by atoms with Crippen molar-refractivity contribution in [2.24, 2.45) is 0 Å². The van der Waals surface area contributed by atoms with Crippen LogP contribution in [-0.4, -0.2) is 24.5 Å². The van der Waals surface area contributed by atoms with E-state index >= 15 is 0 Å². The summed E-state index contributed by atoms with van der Waals surface area (Å²) in [6.45, 7) is 0. The maximum atomic E-state index is 6.28. The number of pyridine rings is 1. The number of fused-ring (bicyclic) bond motifs is 9. The first kappa shape index (κ1) is 36.0. The van der Waals surface area contributed by atoms with Crippen molar-refractivity contribution in [3.63, 3.8) is 0 Å². The zero-order valence-electron chi connectivity index (χ0n) is 34.4. The van der Waals surface area contributed by atoms with Crippen LogP contribution in [0.15, 0.2) is 217 Å². The highest BCUT2D eigenvalue weighted by Gasteiger charge is 2.19. The van der Waals surface area contributed by atoms with Crippen molar-refractivity contribution in [1.29, 1.82) is 0 Å². The summed E-state index contributed by atoms with van der Waals surface area (Å²) in [6.07, 6.45) is 3.55. The Bertz CT molecular complexity index is 3960. The predicted octanol–water partition coefficient (Wildman–Crippen LogP) is 14.9. The van der Waals surface area contributed by atoms with E-state index in [1.165, 1.54) is 32.6 Å². The van der Waals surface area contributed by atoms with Crippen molar-refractivity contribution in [3.8, 4) is 62.1 Å². The number of aromatic nitrogens is 5. The van der Waals surface area contributed by atoms with E-state index in [1.54, 1.807) is 12.4 Å². The summed E-state index contributed by atoms with van der Waals surface area (Å²) in [5.41, 5.74) is 12.1. The molecule has 13 rings (SSSR count). The number of rotatable bonds is 6. The molecule has 4 heterocycles. The van der Waals surface area contributed by atoms with Crippen molar-refractivity contribution < 1.29 is 4.42 Å². The van der Waals surface area contributed by atoms with Gasteiger partial charge in [0.15, 0.2) is 23.1 Å². The zero-order chi connectivity index (χ0) is 42.1. The summed E-state index contributed by atoms with van der Waals surface area (Å²) in [5.74, 6) is 1.74. The number of hydrogen-bond acceptors (Lipinski definition) is 5. The number of furan rings is 1. The van der Waals surface area contributed by atoms with Gasteiger partial charge in [0.05, 0.1) is 17.2 Å². The highest BCUT2D eigenvalue weighted by molar-refractivity contribution is 6.21. The molecule has 0 amide bonds. The largest absolute Gasteiger partial charge is 0.454 e. The van der Waals surface area contributed by atoms with Crippen molar-refractivity contribution in [1.82, 2.24) is 24.5 Å². The van der Waals surface area contributed by atoms with Gasteiger partial charge in [0, 0.05) is 50.1 Å². The number of nitrogens with zero attached hydrogens (tertiary/aromatic N) is 5. The fourth-order valence-corrected chi connectivity index (χ4v) is 9.55. The van der Waals surface area contributed by atoms with Gasteiger partial charge in [-0.3, -0.25) is 4.98 Å². The van der Waals surface area contributed by atoms with Crippen LogP contribution in [0.5, 0.6) is 0 Å². The van der Waals surface area contributed by atoms with Gasteiger partial charge in [-0.25, -0.2) is 15.0 Å². The fraction of sp³-hybridized carbons (Fsp3) is 0. The van der Waals surface area contributed by atoms with Crippen molar-refractivity contribution in [3.05, 3.63) is 213 Å². The summed E-state index contributed by atoms with van der Waals surface area (Å²) >= 11 is 0. The standard InChI is InChI=1S/C58H35N5O/c1-2-11-37(12-3-1)43-28-29-49(46-18-7-6-17-45(43)46)58-61-56(60-57(62-58)41-23-27-47-48-31-32-59-35-54(48)64-53(47)34-41)40-15-10-14-39(33-40)36-21-25-42(26-22-36)63-51-20-9-8-19-50(51)55-44-16-5-4-13-38(44)24-30-52(55)63/h1-35H. The summed E-state index contributed by atoms with van der Waals surface area (Å²) in [5, 5.41) is 9.26. The Labute approximate surface area is 367 Å². The molecule has 0 N–H and O–H groups in total. The van der Waals surface area contributed by atoms with E-state index in [-0.39, 0.29) is 0 Å². The molecule has 0 fully saturated rings. The van der Waals surface area contributed by atoms with Crippen LogP contribution in [0, 0.1) is 0 Å². The van der Waals surface area contributed by atoms with Gasteiger partial charge in [0.2, 0.25) is 0 Å². The third kappa shape index (κ3) is 5.81. The van der Waals surface area contributed by atoms with E-state index < -0.39 is 0 Å². The molecule has 0 spiro atoms. The van der Waals surface area contributed by atoms with Gasteiger partial charge in [-0.1, -0.05) is 146 Å². The summed E-state index contributed by atoms with van der Waals surface area (Å²) < 4.78 is 8.65. The minimum atomic E-state index is 0.561. The monoisotopic (exact) mass is 817 g/mol. The van der Waals surface area contributed by atoms with Crippen LogP contribution in [-0.2, 0) is 0 Å². The second kappa shape index (κ2) is 14.4. The van der Waals surface area contributed by atoms with Crippen LogP contribution >= 0.6 is 0 Å². The van der Waals surface area contributed by atoms with Crippen molar-refractivity contribution in [2.75, 3.05) is 0 Å². The normalized spacial score (nSPS) is 11.8. The molecule has 0 atom stereocenters. The number of hydrogen-bond donors (Lipinski definition) is 0. The van der Waals surface area contributed by atoms with Gasteiger partial charge in [-0.05, 0) is 98.4 Å².